The molecule has 0 aliphatic rings. The third-order valence-corrected chi connectivity index (χ3v) is 4.45. The van der Waals surface area contributed by atoms with Crippen LogP contribution in [-0.4, -0.2) is 19.9 Å². The molecule has 92 valence electrons. The van der Waals surface area contributed by atoms with Crippen molar-refractivity contribution in [3.63, 3.8) is 0 Å². The second-order valence-corrected chi connectivity index (χ2v) is 5.52. The lowest BCUT2D eigenvalue weighted by atomic mass is 10.2. The first-order chi connectivity index (χ1) is 9.28. The highest BCUT2D eigenvalue weighted by molar-refractivity contribution is 9.10. The van der Waals surface area contributed by atoms with E-state index in [2.05, 4.69) is 41.9 Å². The number of hydrogen-bond donors (Lipinski definition) is 1. The fourth-order valence-corrected chi connectivity index (χ4v) is 3.05. The summed E-state index contributed by atoms with van der Waals surface area (Å²) >= 11 is 4.95. The van der Waals surface area contributed by atoms with Crippen molar-refractivity contribution >= 4 is 38.9 Å². The van der Waals surface area contributed by atoms with E-state index in [9.17, 15) is 0 Å². The Labute approximate surface area is 121 Å². The van der Waals surface area contributed by atoms with Crippen LogP contribution >= 0.6 is 27.7 Å². The summed E-state index contributed by atoms with van der Waals surface area (Å²) in [5.41, 5.74) is 2.07. The molecule has 5 nitrogen and oxygen atoms in total. The van der Waals surface area contributed by atoms with Gasteiger partial charge in [-0.25, -0.2) is 15.0 Å². The first kappa shape index (κ1) is 12.1. The van der Waals surface area contributed by atoms with Gasteiger partial charge in [-0.05, 0) is 34.1 Å². The van der Waals surface area contributed by atoms with E-state index in [1.807, 2.05) is 6.07 Å². The molecule has 3 aromatic rings. The molecule has 0 bridgehead atoms. The van der Waals surface area contributed by atoms with E-state index in [4.69, 9.17) is 5.26 Å². The Morgan fingerprint density at radius 3 is 2.95 bits per heavy atom. The minimum Gasteiger partial charge on any atom is -0.341 e. The van der Waals surface area contributed by atoms with Gasteiger partial charge in [0, 0.05) is 9.37 Å². The molecule has 1 N–H and O–H groups in total. The maximum absolute atomic E-state index is 8.84. The number of rotatable bonds is 2. The zero-order chi connectivity index (χ0) is 13.2. The molecule has 0 fully saturated rings. The lowest BCUT2D eigenvalue weighted by Gasteiger charge is -2.04. The molecule has 19 heavy (non-hydrogen) atoms. The number of aromatic amines is 1. The lowest BCUT2D eigenvalue weighted by Crippen LogP contribution is -1.86. The van der Waals surface area contributed by atoms with Crippen molar-refractivity contribution in [3.05, 3.63) is 40.9 Å². The Bertz CT molecular complexity index is 792. The van der Waals surface area contributed by atoms with Crippen molar-refractivity contribution < 1.29 is 0 Å². The summed E-state index contributed by atoms with van der Waals surface area (Å²) in [6.45, 7) is 0. The largest absolute Gasteiger partial charge is 0.341 e. The van der Waals surface area contributed by atoms with E-state index in [-0.39, 0.29) is 0 Å². The summed E-state index contributed by atoms with van der Waals surface area (Å²) in [6, 6.07) is 7.55. The zero-order valence-electron chi connectivity index (χ0n) is 9.46. The smallest absolute Gasteiger partial charge is 0.181 e. The Morgan fingerprint density at radius 1 is 1.26 bits per heavy atom. The van der Waals surface area contributed by atoms with Gasteiger partial charge in [0.25, 0.3) is 0 Å². The third kappa shape index (κ3) is 2.32. The summed E-state index contributed by atoms with van der Waals surface area (Å²) in [6.07, 6.45) is 3.08. The molecule has 0 atom stereocenters. The van der Waals surface area contributed by atoms with Gasteiger partial charge in [-0.3, -0.25) is 0 Å². The SMILES string of the molecule is N#Cc1ccc(Sc2ncnc3nc[nH]c23)c(Br)c1. The van der Waals surface area contributed by atoms with Crippen LogP contribution in [0.4, 0.5) is 0 Å². The molecule has 0 unspecified atom stereocenters. The lowest BCUT2D eigenvalue weighted by molar-refractivity contribution is 1.08. The second-order valence-electron chi connectivity index (χ2n) is 3.64. The van der Waals surface area contributed by atoms with Gasteiger partial charge in [-0.1, -0.05) is 11.8 Å². The molecule has 1 aromatic carbocycles. The molecule has 0 aliphatic carbocycles. The third-order valence-electron chi connectivity index (χ3n) is 2.46. The van der Waals surface area contributed by atoms with Crippen LogP contribution in [0.25, 0.3) is 11.2 Å². The highest BCUT2D eigenvalue weighted by Crippen LogP contribution is 2.34. The molecule has 0 aliphatic heterocycles. The Balaban J connectivity index is 2.02. The Hall–Kier alpha value is -1.91. The normalized spacial score (nSPS) is 10.5. The van der Waals surface area contributed by atoms with E-state index >= 15 is 0 Å². The summed E-state index contributed by atoms with van der Waals surface area (Å²) in [5.74, 6) is 0. The molecule has 2 heterocycles. The van der Waals surface area contributed by atoms with Gasteiger partial charge in [0.1, 0.15) is 16.9 Å². The van der Waals surface area contributed by atoms with Crippen LogP contribution in [0.3, 0.4) is 0 Å². The standard InChI is InChI=1S/C12H6BrN5S/c13-8-3-7(4-14)1-2-9(8)19-12-10-11(16-5-15-10)17-6-18-12/h1-3,5-6H,(H,15,16,17,18). The van der Waals surface area contributed by atoms with Crippen LogP contribution in [0.1, 0.15) is 5.56 Å². The first-order valence-electron chi connectivity index (χ1n) is 5.29. The Morgan fingerprint density at radius 2 is 2.16 bits per heavy atom. The fourth-order valence-electron chi connectivity index (χ4n) is 1.58. The molecule has 0 saturated carbocycles. The van der Waals surface area contributed by atoms with Gasteiger partial charge in [0.2, 0.25) is 0 Å². The fraction of sp³-hybridized carbons (Fsp3) is 0. The molecular weight excluding hydrogens is 326 g/mol. The number of benzene rings is 1. The minimum atomic E-state index is 0.616. The summed E-state index contributed by atoms with van der Waals surface area (Å²) in [5, 5.41) is 9.64. The number of fused-ring (bicyclic) bond motifs is 1. The van der Waals surface area contributed by atoms with Crippen LogP contribution in [0.2, 0.25) is 0 Å². The molecule has 0 amide bonds. The van der Waals surface area contributed by atoms with E-state index in [0.717, 1.165) is 19.9 Å². The second kappa shape index (κ2) is 4.99. The van der Waals surface area contributed by atoms with Gasteiger partial charge in [0.05, 0.1) is 18.0 Å². The van der Waals surface area contributed by atoms with E-state index < -0.39 is 0 Å². The molecule has 3 rings (SSSR count). The minimum absolute atomic E-state index is 0.616. The van der Waals surface area contributed by atoms with Gasteiger partial charge < -0.3 is 4.98 Å². The van der Waals surface area contributed by atoms with Crippen LogP contribution in [0, 0.1) is 11.3 Å². The zero-order valence-corrected chi connectivity index (χ0v) is 11.9. The van der Waals surface area contributed by atoms with Gasteiger partial charge in [-0.2, -0.15) is 5.26 Å². The molecule has 0 saturated heterocycles. The average molecular weight is 332 g/mol. The molecule has 2 aromatic heterocycles. The van der Waals surface area contributed by atoms with E-state index in [1.54, 1.807) is 18.5 Å². The van der Waals surface area contributed by atoms with Crippen molar-refractivity contribution in [1.82, 2.24) is 19.9 Å². The van der Waals surface area contributed by atoms with E-state index in [1.165, 1.54) is 18.1 Å². The molecule has 0 radical (unpaired) electrons. The van der Waals surface area contributed by atoms with Crippen molar-refractivity contribution in [3.8, 4) is 6.07 Å². The number of hydrogen-bond acceptors (Lipinski definition) is 5. The summed E-state index contributed by atoms with van der Waals surface area (Å²) in [7, 11) is 0. The number of aromatic nitrogens is 4. The maximum atomic E-state index is 8.84. The maximum Gasteiger partial charge on any atom is 0.181 e. The monoisotopic (exact) mass is 331 g/mol. The number of imidazole rings is 1. The summed E-state index contributed by atoms with van der Waals surface area (Å²) in [4.78, 5) is 16.4. The number of halogens is 1. The number of nitriles is 1. The van der Waals surface area contributed by atoms with Crippen LogP contribution in [0.15, 0.2) is 45.2 Å². The molecular formula is C12H6BrN5S. The van der Waals surface area contributed by atoms with E-state index in [0.29, 0.717) is 11.2 Å². The summed E-state index contributed by atoms with van der Waals surface area (Å²) < 4.78 is 0.864. The predicted molar refractivity (Wildman–Crippen MR) is 74.7 cm³/mol. The highest BCUT2D eigenvalue weighted by atomic mass is 79.9. The molecule has 7 heteroatoms. The van der Waals surface area contributed by atoms with Gasteiger partial charge in [-0.15, -0.1) is 0 Å². The van der Waals surface area contributed by atoms with Crippen molar-refractivity contribution in [2.45, 2.75) is 9.92 Å². The quantitative estimate of drug-likeness (QED) is 0.730. The van der Waals surface area contributed by atoms with Crippen molar-refractivity contribution in [2.75, 3.05) is 0 Å². The number of nitrogens with one attached hydrogen (secondary N) is 1. The van der Waals surface area contributed by atoms with Crippen LogP contribution in [-0.2, 0) is 0 Å². The number of nitrogens with zero attached hydrogens (tertiary/aromatic N) is 4. The topological polar surface area (TPSA) is 78.2 Å². The first-order valence-corrected chi connectivity index (χ1v) is 6.90. The van der Waals surface area contributed by atoms with Gasteiger partial charge >= 0.3 is 0 Å². The molecule has 0 spiro atoms. The van der Waals surface area contributed by atoms with Crippen LogP contribution in [0.5, 0.6) is 0 Å². The highest BCUT2D eigenvalue weighted by Gasteiger charge is 2.10. The average Bonchev–Trinajstić information content (AvgIpc) is 2.90. The van der Waals surface area contributed by atoms with Crippen molar-refractivity contribution in [2.24, 2.45) is 0 Å². The predicted octanol–water partition coefficient (Wildman–Crippen LogP) is 3.14. The van der Waals surface area contributed by atoms with Crippen molar-refractivity contribution in [1.29, 1.82) is 5.26 Å². The van der Waals surface area contributed by atoms with Gasteiger partial charge in [0.15, 0.2) is 5.65 Å². The number of H-pyrrole nitrogens is 1. The Kier molecular flexibility index (Phi) is 3.19. The van der Waals surface area contributed by atoms with Crippen LogP contribution < -0.4 is 0 Å².